The molecule has 1 amide bonds. The number of aromatic nitrogens is 2. The van der Waals surface area contributed by atoms with Crippen molar-refractivity contribution in [1.29, 1.82) is 0 Å². The van der Waals surface area contributed by atoms with Crippen molar-refractivity contribution in [2.45, 2.75) is 32.0 Å². The zero-order valence-electron chi connectivity index (χ0n) is 17.2. The van der Waals surface area contributed by atoms with E-state index in [2.05, 4.69) is 10.3 Å². The van der Waals surface area contributed by atoms with Gasteiger partial charge in [0.1, 0.15) is 0 Å². The largest absolute Gasteiger partial charge is 0.385 e. The molecule has 0 spiro atoms. The number of aryl methyl sites for hydroxylation is 2. The normalized spacial score (nSPS) is 11.1. The van der Waals surface area contributed by atoms with Crippen molar-refractivity contribution in [2.24, 2.45) is 0 Å². The lowest BCUT2D eigenvalue weighted by atomic mass is 10.1. The number of anilines is 1. The minimum absolute atomic E-state index is 0.135. The van der Waals surface area contributed by atoms with Gasteiger partial charge in [-0.05, 0) is 50.1 Å². The lowest BCUT2D eigenvalue weighted by Crippen LogP contribution is -2.25. The average Bonchev–Trinajstić information content (AvgIpc) is 2.70. The number of benzene rings is 2. The first-order valence-electron chi connectivity index (χ1n) is 9.58. The van der Waals surface area contributed by atoms with Crippen LogP contribution >= 0.6 is 23.4 Å². The van der Waals surface area contributed by atoms with Gasteiger partial charge in [-0.2, -0.15) is 0 Å². The molecule has 158 valence electrons. The number of halogens is 1. The first-order valence-corrected chi connectivity index (χ1v) is 10.9. The second-order valence-corrected chi connectivity index (χ2v) is 8.39. The van der Waals surface area contributed by atoms with Gasteiger partial charge in [0.25, 0.3) is 5.56 Å². The Bertz CT molecular complexity index is 1130. The Morgan fingerprint density at radius 2 is 2.03 bits per heavy atom. The summed E-state index contributed by atoms with van der Waals surface area (Å²) < 4.78 is 6.71. The molecule has 8 heteroatoms. The van der Waals surface area contributed by atoms with Crippen LogP contribution in [0, 0.1) is 13.8 Å². The molecule has 2 aromatic carbocycles. The number of carbonyl (C=O) groups excluding carboxylic acids is 1. The van der Waals surface area contributed by atoms with Gasteiger partial charge in [-0.25, -0.2) is 4.98 Å². The predicted octanol–water partition coefficient (Wildman–Crippen LogP) is 4.43. The molecule has 3 aromatic rings. The first kappa shape index (κ1) is 22.3. The zero-order valence-corrected chi connectivity index (χ0v) is 18.8. The Morgan fingerprint density at radius 3 is 2.77 bits per heavy atom. The molecular weight excluding hydrogens is 422 g/mol. The Hall–Kier alpha value is -2.35. The smallest absolute Gasteiger partial charge is 0.262 e. The number of hydrogen-bond acceptors (Lipinski definition) is 5. The van der Waals surface area contributed by atoms with E-state index in [-0.39, 0.29) is 17.2 Å². The molecule has 0 saturated carbocycles. The SMILES string of the molecule is COCCCn1c(SCC(=O)Nc2ccc(C)cc2C)nc2cc(Cl)ccc2c1=O. The summed E-state index contributed by atoms with van der Waals surface area (Å²) in [5.41, 5.74) is 3.29. The molecule has 0 fully saturated rings. The molecule has 1 heterocycles. The van der Waals surface area contributed by atoms with Crippen molar-refractivity contribution < 1.29 is 9.53 Å². The van der Waals surface area contributed by atoms with Crippen LogP contribution < -0.4 is 10.9 Å². The van der Waals surface area contributed by atoms with E-state index in [1.54, 1.807) is 29.9 Å². The third-order valence-electron chi connectivity index (χ3n) is 4.60. The summed E-state index contributed by atoms with van der Waals surface area (Å²) >= 11 is 7.31. The number of nitrogens with zero attached hydrogens (tertiary/aromatic N) is 2. The lowest BCUT2D eigenvalue weighted by Gasteiger charge is -2.13. The molecule has 0 unspecified atom stereocenters. The van der Waals surface area contributed by atoms with Crippen molar-refractivity contribution in [3.8, 4) is 0 Å². The Kier molecular flexibility index (Phi) is 7.53. The molecule has 1 N–H and O–H groups in total. The van der Waals surface area contributed by atoms with E-state index in [1.165, 1.54) is 11.8 Å². The van der Waals surface area contributed by atoms with E-state index in [0.29, 0.717) is 40.7 Å². The highest BCUT2D eigenvalue weighted by molar-refractivity contribution is 7.99. The highest BCUT2D eigenvalue weighted by Crippen LogP contribution is 2.22. The highest BCUT2D eigenvalue weighted by atomic mass is 35.5. The van der Waals surface area contributed by atoms with Gasteiger partial charge < -0.3 is 10.1 Å². The molecule has 0 aliphatic heterocycles. The van der Waals surface area contributed by atoms with Crippen LogP contribution in [0.4, 0.5) is 5.69 Å². The van der Waals surface area contributed by atoms with Crippen LogP contribution in [0.2, 0.25) is 5.02 Å². The van der Waals surface area contributed by atoms with Crippen molar-refractivity contribution in [3.05, 3.63) is 62.9 Å². The molecular formula is C22H24ClN3O3S. The van der Waals surface area contributed by atoms with E-state index in [9.17, 15) is 9.59 Å². The molecule has 0 bridgehead atoms. The average molecular weight is 446 g/mol. The number of amides is 1. The minimum atomic E-state index is -0.157. The predicted molar refractivity (Wildman–Crippen MR) is 123 cm³/mol. The van der Waals surface area contributed by atoms with Crippen molar-refractivity contribution in [3.63, 3.8) is 0 Å². The number of methoxy groups -OCH3 is 1. The standard InChI is InChI=1S/C22H24ClN3O3S/c1-14-5-8-18(15(2)11-14)24-20(27)13-30-22-25-19-12-16(23)6-7-17(19)21(28)26(22)9-4-10-29-3/h5-8,11-12H,4,9-10,13H2,1-3H3,(H,24,27). The molecule has 0 aliphatic carbocycles. The maximum absolute atomic E-state index is 13.0. The third-order valence-corrected chi connectivity index (χ3v) is 5.81. The first-order chi connectivity index (χ1) is 14.4. The van der Waals surface area contributed by atoms with Gasteiger partial charge in [0.2, 0.25) is 5.91 Å². The molecule has 1 aromatic heterocycles. The molecule has 30 heavy (non-hydrogen) atoms. The van der Waals surface area contributed by atoms with Crippen LogP contribution in [0.25, 0.3) is 10.9 Å². The van der Waals surface area contributed by atoms with E-state index in [4.69, 9.17) is 16.3 Å². The van der Waals surface area contributed by atoms with Crippen LogP contribution in [-0.4, -0.2) is 34.9 Å². The fourth-order valence-corrected chi connectivity index (χ4v) is 4.11. The van der Waals surface area contributed by atoms with Crippen molar-refractivity contribution >= 4 is 45.9 Å². The summed E-state index contributed by atoms with van der Waals surface area (Å²) in [6, 6.07) is 10.9. The van der Waals surface area contributed by atoms with E-state index < -0.39 is 0 Å². The summed E-state index contributed by atoms with van der Waals surface area (Å²) in [4.78, 5) is 30.1. The van der Waals surface area contributed by atoms with Gasteiger partial charge in [-0.15, -0.1) is 0 Å². The number of nitrogens with one attached hydrogen (secondary N) is 1. The van der Waals surface area contributed by atoms with E-state index in [1.807, 2.05) is 32.0 Å². The number of carbonyl (C=O) groups is 1. The second-order valence-electron chi connectivity index (χ2n) is 7.01. The number of thioether (sulfide) groups is 1. The van der Waals surface area contributed by atoms with Gasteiger partial charge in [-0.1, -0.05) is 41.1 Å². The second kappa shape index (κ2) is 10.1. The fraction of sp³-hybridized carbons (Fsp3) is 0.318. The summed E-state index contributed by atoms with van der Waals surface area (Å²) in [7, 11) is 1.62. The number of ether oxygens (including phenoxy) is 1. The summed E-state index contributed by atoms with van der Waals surface area (Å²) in [6.45, 7) is 4.95. The summed E-state index contributed by atoms with van der Waals surface area (Å²) in [5, 5.41) is 4.42. The zero-order chi connectivity index (χ0) is 21.7. The fourth-order valence-electron chi connectivity index (χ4n) is 3.12. The van der Waals surface area contributed by atoms with Gasteiger partial charge in [0.15, 0.2) is 5.16 Å². The Morgan fingerprint density at radius 1 is 1.23 bits per heavy atom. The molecule has 0 radical (unpaired) electrons. The van der Waals surface area contributed by atoms with Crippen LogP contribution in [0.3, 0.4) is 0 Å². The number of rotatable bonds is 8. The van der Waals surface area contributed by atoms with Crippen molar-refractivity contribution in [2.75, 3.05) is 24.8 Å². The quantitative estimate of drug-likeness (QED) is 0.315. The Labute approximate surface area is 184 Å². The molecule has 6 nitrogen and oxygen atoms in total. The number of hydrogen-bond donors (Lipinski definition) is 1. The van der Waals surface area contributed by atoms with Crippen molar-refractivity contribution in [1.82, 2.24) is 9.55 Å². The lowest BCUT2D eigenvalue weighted by molar-refractivity contribution is -0.113. The minimum Gasteiger partial charge on any atom is -0.385 e. The topological polar surface area (TPSA) is 73.2 Å². The third kappa shape index (κ3) is 5.41. The van der Waals surface area contributed by atoms with Crippen LogP contribution in [0.1, 0.15) is 17.5 Å². The monoisotopic (exact) mass is 445 g/mol. The molecule has 0 aliphatic rings. The van der Waals surface area contributed by atoms with Gasteiger partial charge in [0.05, 0.1) is 16.7 Å². The highest BCUT2D eigenvalue weighted by Gasteiger charge is 2.14. The van der Waals surface area contributed by atoms with Crippen LogP contribution in [-0.2, 0) is 16.1 Å². The maximum atomic E-state index is 13.0. The van der Waals surface area contributed by atoms with E-state index in [0.717, 1.165) is 16.8 Å². The van der Waals surface area contributed by atoms with Crippen LogP contribution in [0.15, 0.2) is 46.3 Å². The molecule has 3 rings (SSSR count). The maximum Gasteiger partial charge on any atom is 0.262 e. The Balaban J connectivity index is 1.83. The molecule has 0 saturated heterocycles. The van der Waals surface area contributed by atoms with Gasteiger partial charge in [-0.3, -0.25) is 14.2 Å². The summed E-state index contributed by atoms with van der Waals surface area (Å²) in [5.74, 6) is -0.0216. The van der Waals surface area contributed by atoms with Gasteiger partial charge in [0, 0.05) is 31.0 Å². The van der Waals surface area contributed by atoms with E-state index >= 15 is 0 Å². The van der Waals surface area contributed by atoms with Crippen LogP contribution in [0.5, 0.6) is 0 Å². The number of fused-ring (bicyclic) bond motifs is 1. The summed E-state index contributed by atoms with van der Waals surface area (Å²) in [6.07, 6.45) is 0.666. The molecule has 0 atom stereocenters. The van der Waals surface area contributed by atoms with Gasteiger partial charge >= 0.3 is 0 Å².